The van der Waals surface area contributed by atoms with Crippen LogP contribution < -0.4 is 20.3 Å². The van der Waals surface area contributed by atoms with Crippen molar-refractivity contribution >= 4 is 28.6 Å². The summed E-state index contributed by atoms with van der Waals surface area (Å²) in [5, 5.41) is 4.04. The van der Waals surface area contributed by atoms with E-state index < -0.39 is 0 Å². The maximum atomic E-state index is 13.0. The third-order valence-electron chi connectivity index (χ3n) is 5.22. The lowest BCUT2D eigenvalue weighted by Crippen LogP contribution is -2.28. The molecule has 0 atom stereocenters. The Morgan fingerprint density at radius 2 is 1.91 bits per heavy atom. The Balaban J connectivity index is 1.61. The van der Waals surface area contributed by atoms with Crippen molar-refractivity contribution in [3.63, 3.8) is 0 Å². The highest BCUT2D eigenvalue weighted by Crippen LogP contribution is 2.27. The van der Waals surface area contributed by atoms with E-state index in [1.165, 1.54) is 11.8 Å². The number of thioether (sulfide) groups is 1. The predicted molar refractivity (Wildman–Crippen MR) is 134 cm³/mol. The van der Waals surface area contributed by atoms with E-state index in [2.05, 4.69) is 10.3 Å². The third kappa shape index (κ3) is 6.74. The first kappa shape index (κ1) is 25.6. The van der Waals surface area contributed by atoms with Crippen molar-refractivity contribution in [3.8, 4) is 11.5 Å². The number of fused-ring (bicyclic) bond motifs is 1. The summed E-state index contributed by atoms with van der Waals surface area (Å²) >= 11 is 1.27. The highest BCUT2D eigenvalue weighted by molar-refractivity contribution is 7.99. The van der Waals surface area contributed by atoms with Gasteiger partial charge in [0.25, 0.3) is 5.56 Å². The third-order valence-corrected chi connectivity index (χ3v) is 6.19. The monoisotopic (exact) mass is 485 g/mol. The molecule has 3 rings (SSSR count). The molecule has 0 unspecified atom stereocenters. The van der Waals surface area contributed by atoms with Crippen LogP contribution in [0.3, 0.4) is 0 Å². The molecule has 1 amide bonds. The first-order valence-electron chi connectivity index (χ1n) is 11.2. The van der Waals surface area contributed by atoms with Gasteiger partial charge in [0.2, 0.25) is 5.91 Å². The number of hydrogen-bond acceptors (Lipinski definition) is 7. The Bertz CT molecular complexity index is 1160. The fourth-order valence-corrected chi connectivity index (χ4v) is 4.34. The minimum absolute atomic E-state index is 0.0986. The molecule has 3 aromatic rings. The molecular formula is C25H31N3O5S. The van der Waals surface area contributed by atoms with E-state index in [9.17, 15) is 9.59 Å². The van der Waals surface area contributed by atoms with Gasteiger partial charge in [-0.3, -0.25) is 14.2 Å². The van der Waals surface area contributed by atoms with E-state index in [1.54, 1.807) is 24.9 Å². The van der Waals surface area contributed by atoms with E-state index in [4.69, 9.17) is 14.2 Å². The lowest BCUT2D eigenvalue weighted by molar-refractivity contribution is -0.118. The summed E-state index contributed by atoms with van der Waals surface area (Å²) in [5.41, 5.74) is 1.56. The van der Waals surface area contributed by atoms with Crippen LogP contribution in [0.5, 0.6) is 11.5 Å². The first-order chi connectivity index (χ1) is 16.6. The second-order valence-corrected chi connectivity index (χ2v) is 8.44. The molecule has 8 nitrogen and oxygen atoms in total. The molecule has 34 heavy (non-hydrogen) atoms. The number of amides is 1. The summed E-state index contributed by atoms with van der Waals surface area (Å²) in [6.07, 6.45) is 1.35. The number of benzene rings is 2. The van der Waals surface area contributed by atoms with Gasteiger partial charge in [0.05, 0.1) is 30.9 Å². The minimum atomic E-state index is -0.117. The summed E-state index contributed by atoms with van der Waals surface area (Å²) in [7, 11) is 3.19. The van der Waals surface area contributed by atoms with Crippen LogP contribution in [-0.2, 0) is 22.5 Å². The molecule has 0 bridgehead atoms. The molecule has 1 heterocycles. The number of para-hydroxylation sites is 1. The molecule has 0 aliphatic carbocycles. The van der Waals surface area contributed by atoms with Crippen LogP contribution in [0.4, 0.5) is 0 Å². The SMILES string of the molecule is CCOCCCn1c(SCC(=O)NCCc2ccc(OC)c(OC)c2)nc2ccccc2c1=O. The number of nitrogens with one attached hydrogen (secondary N) is 1. The van der Waals surface area contributed by atoms with Crippen molar-refractivity contribution in [2.24, 2.45) is 0 Å². The summed E-state index contributed by atoms with van der Waals surface area (Å²) in [4.78, 5) is 30.2. The van der Waals surface area contributed by atoms with Crippen LogP contribution in [0.25, 0.3) is 10.9 Å². The molecular weight excluding hydrogens is 454 g/mol. The van der Waals surface area contributed by atoms with Gasteiger partial charge < -0.3 is 19.5 Å². The molecule has 9 heteroatoms. The van der Waals surface area contributed by atoms with Crippen LogP contribution in [0, 0.1) is 0 Å². The predicted octanol–water partition coefficient (Wildman–Crippen LogP) is 3.29. The summed E-state index contributed by atoms with van der Waals surface area (Å²) in [6.45, 7) is 4.11. The highest BCUT2D eigenvalue weighted by Gasteiger charge is 2.13. The molecule has 2 aromatic carbocycles. The molecule has 182 valence electrons. The van der Waals surface area contributed by atoms with E-state index in [1.807, 2.05) is 43.3 Å². The quantitative estimate of drug-likeness (QED) is 0.226. The van der Waals surface area contributed by atoms with Crippen molar-refractivity contribution in [1.82, 2.24) is 14.9 Å². The fraction of sp³-hybridized carbons (Fsp3) is 0.400. The average Bonchev–Trinajstić information content (AvgIpc) is 2.86. The molecule has 0 aliphatic heterocycles. The lowest BCUT2D eigenvalue weighted by Gasteiger charge is -2.13. The Labute approximate surface area is 203 Å². The van der Waals surface area contributed by atoms with Gasteiger partial charge in [-0.2, -0.15) is 0 Å². The second kappa shape index (κ2) is 13.0. The Morgan fingerprint density at radius 1 is 1.12 bits per heavy atom. The van der Waals surface area contributed by atoms with Gasteiger partial charge in [-0.15, -0.1) is 0 Å². The summed E-state index contributed by atoms with van der Waals surface area (Å²) in [5.74, 6) is 1.38. The van der Waals surface area contributed by atoms with Gasteiger partial charge >= 0.3 is 0 Å². The number of carbonyl (C=O) groups is 1. The zero-order valence-corrected chi connectivity index (χ0v) is 20.7. The van der Waals surface area contributed by atoms with Gasteiger partial charge in [0.1, 0.15) is 0 Å². The number of methoxy groups -OCH3 is 2. The number of nitrogens with zero attached hydrogens (tertiary/aromatic N) is 2. The van der Waals surface area contributed by atoms with E-state index in [-0.39, 0.29) is 17.2 Å². The molecule has 0 fully saturated rings. The number of ether oxygens (including phenoxy) is 3. The Kier molecular flexibility index (Phi) is 9.78. The molecule has 0 saturated heterocycles. The Hall–Kier alpha value is -3.04. The van der Waals surface area contributed by atoms with Crippen molar-refractivity contribution in [3.05, 3.63) is 58.4 Å². The second-order valence-electron chi connectivity index (χ2n) is 7.50. The van der Waals surface area contributed by atoms with Crippen LogP contribution in [-0.4, -0.2) is 55.2 Å². The van der Waals surface area contributed by atoms with Gasteiger partial charge in [-0.1, -0.05) is 30.0 Å². The van der Waals surface area contributed by atoms with Gasteiger partial charge in [0.15, 0.2) is 16.7 Å². The minimum Gasteiger partial charge on any atom is -0.493 e. The van der Waals surface area contributed by atoms with Crippen molar-refractivity contribution < 1.29 is 19.0 Å². The molecule has 1 N–H and O–H groups in total. The van der Waals surface area contributed by atoms with E-state index in [0.717, 1.165) is 5.56 Å². The van der Waals surface area contributed by atoms with Crippen molar-refractivity contribution in [1.29, 1.82) is 0 Å². The summed E-state index contributed by atoms with van der Waals surface area (Å²) in [6, 6.07) is 13.0. The maximum Gasteiger partial charge on any atom is 0.262 e. The zero-order valence-electron chi connectivity index (χ0n) is 19.8. The highest BCUT2D eigenvalue weighted by atomic mass is 32.2. The molecule has 0 aliphatic rings. The average molecular weight is 486 g/mol. The van der Waals surface area contributed by atoms with Gasteiger partial charge in [0, 0.05) is 26.3 Å². The van der Waals surface area contributed by atoms with Crippen molar-refractivity contribution in [2.75, 3.05) is 39.7 Å². The Morgan fingerprint density at radius 3 is 2.68 bits per heavy atom. The zero-order chi connectivity index (χ0) is 24.3. The van der Waals surface area contributed by atoms with Crippen LogP contribution >= 0.6 is 11.8 Å². The van der Waals surface area contributed by atoms with Gasteiger partial charge in [-0.25, -0.2) is 4.98 Å². The molecule has 1 aromatic heterocycles. The van der Waals surface area contributed by atoms with Crippen LogP contribution in [0.1, 0.15) is 18.9 Å². The van der Waals surface area contributed by atoms with Crippen LogP contribution in [0.2, 0.25) is 0 Å². The fourth-order valence-electron chi connectivity index (χ4n) is 3.49. The number of hydrogen-bond donors (Lipinski definition) is 1. The normalized spacial score (nSPS) is 10.9. The number of carbonyl (C=O) groups excluding carboxylic acids is 1. The van der Waals surface area contributed by atoms with E-state index in [0.29, 0.717) is 66.7 Å². The smallest absolute Gasteiger partial charge is 0.262 e. The maximum absolute atomic E-state index is 13.0. The van der Waals surface area contributed by atoms with Crippen LogP contribution in [0.15, 0.2) is 52.4 Å². The van der Waals surface area contributed by atoms with E-state index >= 15 is 0 Å². The molecule has 0 radical (unpaired) electrons. The molecule has 0 saturated carbocycles. The molecule has 0 spiro atoms. The number of aromatic nitrogens is 2. The standard InChI is InChI=1S/C25H31N3O5S/c1-4-33-15-7-14-28-24(30)19-8-5-6-9-20(19)27-25(28)34-17-23(29)26-13-12-18-10-11-21(31-2)22(16-18)32-3/h5-6,8-11,16H,4,7,12-15,17H2,1-3H3,(H,26,29). The summed E-state index contributed by atoms with van der Waals surface area (Å²) < 4.78 is 17.6. The first-order valence-corrected chi connectivity index (χ1v) is 12.2. The largest absolute Gasteiger partial charge is 0.493 e. The lowest BCUT2D eigenvalue weighted by atomic mass is 10.1. The number of rotatable bonds is 13. The van der Waals surface area contributed by atoms with Crippen molar-refractivity contribution in [2.45, 2.75) is 31.5 Å². The van der Waals surface area contributed by atoms with Gasteiger partial charge in [-0.05, 0) is 49.6 Å². The topological polar surface area (TPSA) is 91.7 Å².